The van der Waals surface area contributed by atoms with E-state index in [1.807, 2.05) is 60.8 Å². The zero-order valence-electron chi connectivity index (χ0n) is 17.1. The summed E-state index contributed by atoms with van der Waals surface area (Å²) in [6.07, 6.45) is 4.24. The number of anilines is 2. The molecule has 2 aromatic carbocycles. The number of halogens is 1. The Kier molecular flexibility index (Phi) is 5.25. The van der Waals surface area contributed by atoms with Crippen LogP contribution >= 0.6 is 0 Å². The van der Waals surface area contributed by atoms with Crippen LogP contribution in [0.5, 0.6) is 5.75 Å². The largest absolute Gasteiger partial charge is 0.477 e. The topological polar surface area (TPSA) is 72.3 Å². The van der Waals surface area contributed by atoms with Crippen molar-refractivity contribution in [1.82, 2.24) is 14.8 Å². The van der Waals surface area contributed by atoms with Crippen molar-refractivity contribution in [1.29, 1.82) is 0 Å². The maximum atomic E-state index is 13.9. The summed E-state index contributed by atoms with van der Waals surface area (Å²) in [4.78, 5) is 18.8. The minimum absolute atomic E-state index is 0.110. The molecule has 160 valence electrons. The number of aromatic nitrogens is 3. The van der Waals surface area contributed by atoms with Gasteiger partial charge in [-0.3, -0.25) is 4.79 Å². The van der Waals surface area contributed by atoms with Gasteiger partial charge in [-0.05, 0) is 48.0 Å². The molecule has 3 heterocycles. The summed E-state index contributed by atoms with van der Waals surface area (Å²) in [6.45, 7) is 0.902. The van der Waals surface area contributed by atoms with Crippen LogP contribution in [0, 0.1) is 5.82 Å². The van der Waals surface area contributed by atoms with E-state index in [-0.39, 0.29) is 5.82 Å². The number of amides is 1. The lowest BCUT2D eigenvalue weighted by atomic mass is 10.1. The monoisotopic (exact) mass is 429 g/mol. The zero-order valence-corrected chi connectivity index (χ0v) is 17.1. The fourth-order valence-electron chi connectivity index (χ4n) is 3.66. The van der Waals surface area contributed by atoms with E-state index < -0.39 is 17.8 Å². The number of benzene rings is 2. The number of fused-ring (bicyclic) bond motifs is 1. The Morgan fingerprint density at radius 3 is 2.69 bits per heavy atom. The molecule has 1 unspecified atom stereocenters. The van der Waals surface area contributed by atoms with Crippen LogP contribution in [0.2, 0.25) is 0 Å². The Balaban J connectivity index is 1.35. The number of carbonyl (C=O) groups excluding carboxylic acids is 1. The SMILES string of the molecule is O=C(Nc1ncccc1F)C1CN(Cc2ccc(-n3cccn3)cc2)c2ccccc2O1. The van der Waals surface area contributed by atoms with E-state index in [1.54, 1.807) is 10.9 Å². The van der Waals surface area contributed by atoms with Crippen LogP contribution in [-0.4, -0.2) is 33.3 Å². The van der Waals surface area contributed by atoms with E-state index in [9.17, 15) is 9.18 Å². The number of nitrogens with one attached hydrogen (secondary N) is 1. The van der Waals surface area contributed by atoms with Crippen molar-refractivity contribution in [3.8, 4) is 11.4 Å². The highest BCUT2D eigenvalue weighted by atomic mass is 19.1. The Morgan fingerprint density at radius 2 is 1.91 bits per heavy atom. The van der Waals surface area contributed by atoms with Crippen molar-refractivity contribution in [2.75, 3.05) is 16.8 Å². The number of hydrogen-bond acceptors (Lipinski definition) is 5. The summed E-state index contributed by atoms with van der Waals surface area (Å²) in [5, 5.41) is 6.78. The molecule has 32 heavy (non-hydrogen) atoms. The molecule has 1 aliphatic rings. The van der Waals surface area contributed by atoms with Crippen LogP contribution in [-0.2, 0) is 11.3 Å². The van der Waals surface area contributed by atoms with Gasteiger partial charge >= 0.3 is 0 Å². The minimum Gasteiger partial charge on any atom is -0.477 e. The molecule has 5 rings (SSSR count). The summed E-state index contributed by atoms with van der Waals surface area (Å²) in [6, 6.07) is 20.2. The van der Waals surface area contributed by atoms with Crippen LogP contribution in [0.3, 0.4) is 0 Å². The Bertz CT molecular complexity index is 1230. The first-order valence-electron chi connectivity index (χ1n) is 10.2. The molecule has 0 spiro atoms. The van der Waals surface area contributed by atoms with Crippen LogP contribution in [0.1, 0.15) is 5.56 Å². The molecule has 8 heteroatoms. The Labute approximate surface area is 184 Å². The molecule has 0 saturated carbocycles. The molecule has 1 aliphatic heterocycles. The molecule has 0 radical (unpaired) electrons. The first-order valence-corrected chi connectivity index (χ1v) is 10.2. The van der Waals surface area contributed by atoms with Gasteiger partial charge in [0, 0.05) is 25.1 Å². The smallest absolute Gasteiger partial charge is 0.268 e. The quantitative estimate of drug-likeness (QED) is 0.522. The molecule has 2 aromatic heterocycles. The molecule has 0 bridgehead atoms. The van der Waals surface area contributed by atoms with Crippen molar-refractivity contribution >= 4 is 17.4 Å². The van der Waals surface area contributed by atoms with Crippen LogP contribution < -0.4 is 15.0 Å². The van der Waals surface area contributed by atoms with E-state index in [4.69, 9.17) is 4.74 Å². The molecule has 0 aliphatic carbocycles. The van der Waals surface area contributed by atoms with Gasteiger partial charge in [0.1, 0.15) is 5.75 Å². The molecule has 1 amide bonds. The minimum atomic E-state index is -0.811. The third-order valence-electron chi connectivity index (χ3n) is 5.23. The molecule has 1 N–H and O–H groups in total. The van der Waals surface area contributed by atoms with Gasteiger partial charge in [-0.15, -0.1) is 0 Å². The molecule has 1 atom stereocenters. The highest BCUT2D eigenvalue weighted by Gasteiger charge is 2.31. The van der Waals surface area contributed by atoms with Gasteiger partial charge in [-0.25, -0.2) is 14.1 Å². The van der Waals surface area contributed by atoms with Crippen LogP contribution in [0.15, 0.2) is 85.3 Å². The molecular formula is C24H20FN5O2. The second-order valence-electron chi connectivity index (χ2n) is 7.39. The molecule has 0 saturated heterocycles. The number of para-hydroxylation sites is 2. The standard InChI is InChI=1S/C24H20FN5O2/c25-19-5-3-12-26-23(19)28-24(31)22-16-29(20-6-1-2-7-21(20)32-22)15-17-8-10-18(11-9-17)30-14-4-13-27-30/h1-14,22H,15-16H2,(H,26,28,31). The van der Waals surface area contributed by atoms with Crippen LogP contribution in [0.25, 0.3) is 5.69 Å². The first-order chi connectivity index (χ1) is 15.7. The number of rotatable bonds is 5. The van der Waals surface area contributed by atoms with Gasteiger partial charge in [0.2, 0.25) is 0 Å². The number of carbonyl (C=O) groups is 1. The second-order valence-corrected chi connectivity index (χ2v) is 7.39. The highest BCUT2D eigenvalue weighted by Crippen LogP contribution is 2.34. The van der Waals surface area contributed by atoms with E-state index in [0.29, 0.717) is 18.8 Å². The van der Waals surface area contributed by atoms with Crippen molar-refractivity contribution in [2.45, 2.75) is 12.6 Å². The lowest BCUT2D eigenvalue weighted by Gasteiger charge is -2.35. The predicted molar refractivity (Wildman–Crippen MR) is 118 cm³/mol. The van der Waals surface area contributed by atoms with Crippen LogP contribution in [0.4, 0.5) is 15.9 Å². The molecule has 0 fully saturated rings. The van der Waals surface area contributed by atoms with Crippen molar-refractivity contribution < 1.29 is 13.9 Å². The summed E-state index contributed by atoms with van der Waals surface area (Å²) >= 11 is 0. The third kappa shape index (κ3) is 4.02. The maximum absolute atomic E-state index is 13.9. The zero-order chi connectivity index (χ0) is 21.9. The second kappa shape index (κ2) is 8.50. The van der Waals surface area contributed by atoms with Crippen molar-refractivity contribution in [2.24, 2.45) is 0 Å². The third-order valence-corrected chi connectivity index (χ3v) is 5.23. The maximum Gasteiger partial charge on any atom is 0.268 e. The molecule has 7 nitrogen and oxygen atoms in total. The Hall–Kier alpha value is -4.20. The van der Waals surface area contributed by atoms with E-state index in [0.717, 1.165) is 16.9 Å². The number of pyridine rings is 1. The number of hydrogen-bond donors (Lipinski definition) is 1. The summed E-state index contributed by atoms with van der Waals surface area (Å²) in [5.41, 5.74) is 2.94. The summed E-state index contributed by atoms with van der Waals surface area (Å²) in [5.74, 6) is -0.545. The van der Waals surface area contributed by atoms with Gasteiger partial charge in [0.15, 0.2) is 17.7 Å². The van der Waals surface area contributed by atoms with Gasteiger partial charge < -0.3 is 15.0 Å². The van der Waals surface area contributed by atoms with Gasteiger partial charge in [-0.1, -0.05) is 24.3 Å². The molecule has 4 aromatic rings. The van der Waals surface area contributed by atoms with Gasteiger partial charge in [0.25, 0.3) is 5.91 Å². The van der Waals surface area contributed by atoms with Crippen molar-refractivity contribution in [3.63, 3.8) is 0 Å². The van der Waals surface area contributed by atoms with Gasteiger partial charge in [-0.2, -0.15) is 5.10 Å². The van der Waals surface area contributed by atoms with E-state index in [1.165, 1.54) is 18.3 Å². The Morgan fingerprint density at radius 1 is 1.06 bits per heavy atom. The average Bonchev–Trinajstić information content (AvgIpc) is 3.36. The molecular weight excluding hydrogens is 409 g/mol. The lowest BCUT2D eigenvalue weighted by Crippen LogP contribution is -2.46. The highest BCUT2D eigenvalue weighted by molar-refractivity contribution is 5.94. The number of ether oxygens (including phenoxy) is 1. The predicted octanol–water partition coefficient (Wildman–Crippen LogP) is 3.81. The summed E-state index contributed by atoms with van der Waals surface area (Å²) < 4.78 is 21.6. The fraction of sp³-hybridized carbons (Fsp3) is 0.125. The van der Waals surface area contributed by atoms with Crippen molar-refractivity contribution in [3.05, 3.63) is 96.7 Å². The van der Waals surface area contributed by atoms with E-state index in [2.05, 4.69) is 20.3 Å². The lowest BCUT2D eigenvalue weighted by molar-refractivity contribution is -0.122. The summed E-state index contributed by atoms with van der Waals surface area (Å²) in [7, 11) is 0. The fourth-order valence-corrected chi connectivity index (χ4v) is 3.66. The average molecular weight is 429 g/mol. The first kappa shape index (κ1) is 19.7. The van der Waals surface area contributed by atoms with Gasteiger partial charge in [0.05, 0.1) is 17.9 Å². The normalized spacial score (nSPS) is 15.0. The van der Waals surface area contributed by atoms with E-state index >= 15 is 0 Å². The number of nitrogens with zero attached hydrogens (tertiary/aromatic N) is 4.